The Morgan fingerprint density at radius 3 is 2.74 bits per heavy atom. The number of carbonyl (C=O) groups excluding carboxylic acids is 1. The third kappa shape index (κ3) is 4.22. The molecule has 0 aromatic carbocycles. The molecule has 1 unspecified atom stereocenters. The number of esters is 1. The van der Waals surface area contributed by atoms with Gasteiger partial charge in [0.2, 0.25) is 0 Å². The van der Waals surface area contributed by atoms with Crippen molar-refractivity contribution in [3.8, 4) is 0 Å². The molecule has 1 aromatic heterocycles. The quantitative estimate of drug-likeness (QED) is 0.645. The van der Waals surface area contributed by atoms with Crippen molar-refractivity contribution in [1.82, 2.24) is 4.98 Å². The molecule has 1 atom stereocenters. The first-order chi connectivity index (χ1) is 8.86. The molecule has 104 valence electrons. The van der Waals surface area contributed by atoms with Crippen LogP contribution in [0.2, 0.25) is 0 Å². The van der Waals surface area contributed by atoms with Crippen molar-refractivity contribution in [3.05, 3.63) is 23.9 Å². The number of hydrogen-bond acceptors (Lipinski definition) is 6. The minimum Gasteiger partial charge on any atom is -0.477 e. The van der Waals surface area contributed by atoms with Crippen molar-refractivity contribution in [1.29, 1.82) is 0 Å². The molecule has 0 saturated carbocycles. The molecule has 1 aromatic rings. The second kappa shape index (κ2) is 6.14. The van der Waals surface area contributed by atoms with Crippen LogP contribution in [0.4, 0.5) is 5.82 Å². The van der Waals surface area contributed by atoms with Crippen molar-refractivity contribution in [2.45, 2.75) is 19.4 Å². The summed E-state index contributed by atoms with van der Waals surface area (Å²) in [4.78, 5) is 26.0. The zero-order valence-electron chi connectivity index (χ0n) is 10.7. The van der Waals surface area contributed by atoms with Crippen LogP contribution >= 0.6 is 0 Å². The first kappa shape index (κ1) is 14.9. The van der Waals surface area contributed by atoms with Gasteiger partial charge >= 0.3 is 11.9 Å². The zero-order valence-corrected chi connectivity index (χ0v) is 10.7. The highest BCUT2D eigenvalue weighted by Crippen LogP contribution is 2.10. The number of rotatable bonds is 6. The fourth-order valence-corrected chi connectivity index (χ4v) is 1.27. The van der Waals surface area contributed by atoms with Crippen molar-refractivity contribution in [2.24, 2.45) is 0 Å². The molecule has 0 aliphatic carbocycles. The molecule has 0 saturated heterocycles. The molecule has 0 aliphatic rings. The van der Waals surface area contributed by atoms with Gasteiger partial charge in [0.1, 0.15) is 5.82 Å². The number of aromatic nitrogens is 1. The van der Waals surface area contributed by atoms with Crippen LogP contribution in [0.5, 0.6) is 0 Å². The number of aromatic carboxylic acids is 1. The Balaban J connectivity index is 2.68. The van der Waals surface area contributed by atoms with Crippen LogP contribution in [0.1, 0.15) is 24.3 Å². The average Bonchev–Trinajstić information content (AvgIpc) is 2.37. The number of nitrogens with one attached hydrogen (secondary N) is 1. The summed E-state index contributed by atoms with van der Waals surface area (Å²) in [6.45, 7) is 2.97. The van der Waals surface area contributed by atoms with Gasteiger partial charge in [-0.25, -0.2) is 14.6 Å². The van der Waals surface area contributed by atoms with Gasteiger partial charge in [-0.05, 0) is 26.0 Å². The molecule has 0 spiro atoms. The van der Waals surface area contributed by atoms with Gasteiger partial charge in [-0.2, -0.15) is 0 Å². The van der Waals surface area contributed by atoms with E-state index >= 15 is 0 Å². The van der Waals surface area contributed by atoms with Crippen LogP contribution in [0.25, 0.3) is 0 Å². The Morgan fingerprint density at radius 2 is 2.16 bits per heavy atom. The number of ether oxygens (including phenoxy) is 1. The van der Waals surface area contributed by atoms with Crippen LogP contribution in [0, 0.1) is 0 Å². The lowest BCUT2D eigenvalue weighted by Gasteiger charge is -2.21. The monoisotopic (exact) mass is 268 g/mol. The number of pyridine rings is 1. The van der Waals surface area contributed by atoms with E-state index in [2.05, 4.69) is 10.3 Å². The van der Waals surface area contributed by atoms with E-state index in [-0.39, 0.29) is 24.7 Å². The Bertz CT molecular complexity index is 473. The number of aliphatic hydroxyl groups is 1. The highest BCUT2D eigenvalue weighted by atomic mass is 16.5. The van der Waals surface area contributed by atoms with E-state index in [4.69, 9.17) is 9.84 Å². The molecule has 0 amide bonds. The van der Waals surface area contributed by atoms with Crippen molar-refractivity contribution in [3.63, 3.8) is 0 Å². The van der Waals surface area contributed by atoms with E-state index in [1.54, 1.807) is 6.92 Å². The summed E-state index contributed by atoms with van der Waals surface area (Å²) < 4.78 is 4.71. The Morgan fingerprint density at radius 1 is 1.47 bits per heavy atom. The van der Waals surface area contributed by atoms with Crippen LogP contribution in [-0.2, 0) is 9.53 Å². The molecule has 1 heterocycles. The summed E-state index contributed by atoms with van der Waals surface area (Å²) in [5.41, 5.74) is -1.84. The summed E-state index contributed by atoms with van der Waals surface area (Å²) in [6, 6.07) is 4.39. The van der Waals surface area contributed by atoms with Crippen molar-refractivity contribution in [2.75, 3.05) is 18.5 Å². The van der Waals surface area contributed by atoms with Gasteiger partial charge in [0.15, 0.2) is 11.3 Å². The molecule has 1 rings (SSSR count). The summed E-state index contributed by atoms with van der Waals surface area (Å²) in [5, 5.41) is 21.3. The van der Waals surface area contributed by atoms with Crippen LogP contribution in [-0.4, -0.2) is 45.9 Å². The van der Waals surface area contributed by atoms with E-state index in [9.17, 15) is 14.7 Å². The van der Waals surface area contributed by atoms with Gasteiger partial charge in [-0.1, -0.05) is 6.07 Å². The average molecular weight is 268 g/mol. The minimum absolute atomic E-state index is 0.124. The van der Waals surface area contributed by atoms with E-state index in [0.29, 0.717) is 0 Å². The summed E-state index contributed by atoms with van der Waals surface area (Å²) in [5.74, 6) is -1.65. The number of anilines is 1. The summed E-state index contributed by atoms with van der Waals surface area (Å²) >= 11 is 0. The van der Waals surface area contributed by atoms with Crippen molar-refractivity contribution >= 4 is 17.8 Å². The maximum atomic E-state index is 11.4. The van der Waals surface area contributed by atoms with E-state index in [1.165, 1.54) is 25.1 Å². The fraction of sp³-hybridized carbons (Fsp3) is 0.417. The maximum Gasteiger partial charge on any atom is 0.354 e. The second-order valence-electron chi connectivity index (χ2n) is 4.06. The normalized spacial score (nSPS) is 13.4. The molecule has 19 heavy (non-hydrogen) atoms. The zero-order chi connectivity index (χ0) is 14.5. The molecule has 7 heteroatoms. The van der Waals surface area contributed by atoms with Gasteiger partial charge in [-0.15, -0.1) is 0 Å². The SMILES string of the molecule is CCOC(=O)C(C)(O)CNc1cccc(C(=O)O)n1. The third-order valence-corrected chi connectivity index (χ3v) is 2.30. The smallest absolute Gasteiger partial charge is 0.354 e. The number of carboxylic acid groups (broad SMARTS) is 1. The van der Waals surface area contributed by atoms with Crippen LogP contribution in [0.3, 0.4) is 0 Å². The lowest BCUT2D eigenvalue weighted by molar-refractivity contribution is -0.161. The largest absolute Gasteiger partial charge is 0.477 e. The Hall–Kier alpha value is -2.15. The molecule has 7 nitrogen and oxygen atoms in total. The molecular weight excluding hydrogens is 252 g/mol. The van der Waals surface area contributed by atoms with Gasteiger partial charge < -0.3 is 20.3 Å². The molecular formula is C12H16N2O5. The van der Waals surface area contributed by atoms with Crippen LogP contribution in [0.15, 0.2) is 18.2 Å². The Kier molecular flexibility index (Phi) is 4.82. The second-order valence-corrected chi connectivity index (χ2v) is 4.06. The molecule has 0 radical (unpaired) electrons. The Labute approximate surface area is 110 Å². The van der Waals surface area contributed by atoms with Gasteiger partial charge in [0.05, 0.1) is 13.2 Å². The number of hydrogen-bond donors (Lipinski definition) is 3. The lowest BCUT2D eigenvalue weighted by atomic mass is 10.1. The fourth-order valence-electron chi connectivity index (χ4n) is 1.27. The first-order valence-corrected chi connectivity index (χ1v) is 5.70. The number of nitrogens with zero attached hydrogens (tertiary/aromatic N) is 1. The first-order valence-electron chi connectivity index (χ1n) is 5.70. The highest BCUT2D eigenvalue weighted by molar-refractivity contribution is 5.85. The van der Waals surface area contributed by atoms with E-state index in [1.807, 2.05) is 0 Å². The predicted molar refractivity (Wildman–Crippen MR) is 66.9 cm³/mol. The predicted octanol–water partition coefficient (Wildman–Crippen LogP) is 0.506. The van der Waals surface area contributed by atoms with E-state index in [0.717, 1.165) is 0 Å². The lowest BCUT2D eigenvalue weighted by Crippen LogP contribution is -2.43. The molecule has 0 fully saturated rings. The molecule has 3 N–H and O–H groups in total. The molecule has 0 bridgehead atoms. The summed E-state index contributed by atoms with van der Waals surface area (Å²) in [7, 11) is 0. The number of carbonyl (C=O) groups is 2. The van der Waals surface area contributed by atoms with E-state index < -0.39 is 17.5 Å². The van der Waals surface area contributed by atoms with Crippen LogP contribution < -0.4 is 5.32 Å². The van der Waals surface area contributed by atoms with Gasteiger partial charge in [-0.3, -0.25) is 0 Å². The standard InChI is InChI=1S/C12H16N2O5/c1-3-19-11(17)12(2,18)7-13-9-6-4-5-8(14-9)10(15)16/h4-6,18H,3,7H2,1-2H3,(H,13,14)(H,15,16). The third-order valence-electron chi connectivity index (χ3n) is 2.30. The highest BCUT2D eigenvalue weighted by Gasteiger charge is 2.31. The molecule has 0 aliphatic heterocycles. The maximum absolute atomic E-state index is 11.4. The van der Waals surface area contributed by atoms with Gasteiger partial charge in [0.25, 0.3) is 0 Å². The minimum atomic E-state index is -1.71. The van der Waals surface area contributed by atoms with Crippen molar-refractivity contribution < 1.29 is 24.5 Å². The number of carboxylic acids is 1. The van der Waals surface area contributed by atoms with Gasteiger partial charge in [0, 0.05) is 0 Å². The topological polar surface area (TPSA) is 109 Å². The summed E-state index contributed by atoms with van der Waals surface area (Å²) in [6.07, 6.45) is 0.